The molecule has 1 amide bonds. The third kappa shape index (κ3) is 6.51. The van der Waals surface area contributed by atoms with E-state index in [0.29, 0.717) is 17.6 Å². The fourth-order valence-corrected chi connectivity index (χ4v) is 2.72. The van der Waals surface area contributed by atoms with Crippen molar-refractivity contribution in [3.05, 3.63) is 28.2 Å². The molecule has 0 atom stereocenters. The van der Waals surface area contributed by atoms with Gasteiger partial charge in [-0.15, -0.1) is 0 Å². The van der Waals surface area contributed by atoms with E-state index < -0.39 is 0 Å². The average Bonchev–Trinajstić information content (AvgIpc) is 2.35. The van der Waals surface area contributed by atoms with Crippen LogP contribution in [0.15, 0.2) is 22.7 Å². The summed E-state index contributed by atoms with van der Waals surface area (Å²) in [5.41, 5.74) is 1.15. The van der Waals surface area contributed by atoms with Gasteiger partial charge >= 0.3 is 0 Å². The van der Waals surface area contributed by atoms with Crippen molar-refractivity contribution in [1.29, 1.82) is 0 Å². The van der Waals surface area contributed by atoms with Crippen LogP contribution in [-0.4, -0.2) is 30.5 Å². The molecule has 0 bridgehead atoms. The van der Waals surface area contributed by atoms with Crippen LogP contribution >= 0.6 is 15.9 Å². The third-order valence-electron chi connectivity index (χ3n) is 2.96. The lowest BCUT2D eigenvalue weighted by molar-refractivity contribution is -0.134. The Kier molecular flexibility index (Phi) is 7.23. The summed E-state index contributed by atoms with van der Waals surface area (Å²) in [5, 5.41) is 0. The van der Waals surface area contributed by atoms with Gasteiger partial charge in [-0.3, -0.25) is 4.79 Å². The molecule has 0 saturated heterocycles. The van der Waals surface area contributed by atoms with E-state index in [4.69, 9.17) is 4.74 Å². The molecule has 21 heavy (non-hydrogen) atoms. The molecule has 0 fully saturated rings. The molecular weight excluding hydrogens is 330 g/mol. The van der Waals surface area contributed by atoms with Crippen molar-refractivity contribution in [1.82, 2.24) is 4.90 Å². The molecular formula is C17H26BrNO2. The van der Waals surface area contributed by atoms with E-state index in [1.807, 2.05) is 30.0 Å². The highest BCUT2D eigenvalue weighted by Gasteiger charge is 2.17. The smallest absolute Gasteiger partial charge is 0.260 e. The number of aryl methyl sites for hydroxylation is 1. The van der Waals surface area contributed by atoms with Gasteiger partial charge in [-0.1, -0.05) is 33.8 Å². The molecule has 0 aromatic heterocycles. The number of carbonyl (C=O) groups excluding carboxylic acids is 1. The first-order valence-corrected chi connectivity index (χ1v) is 8.25. The molecule has 3 nitrogen and oxygen atoms in total. The number of rotatable bonds is 7. The van der Waals surface area contributed by atoms with Gasteiger partial charge in [-0.25, -0.2) is 0 Å². The Balaban J connectivity index is 2.64. The minimum Gasteiger partial charge on any atom is -0.483 e. The molecule has 0 N–H and O–H groups in total. The van der Waals surface area contributed by atoms with Crippen LogP contribution in [0, 0.1) is 18.8 Å². The second kappa shape index (κ2) is 8.42. The van der Waals surface area contributed by atoms with E-state index in [1.165, 1.54) is 0 Å². The van der Waals surface area contributed by atoms with Crippen LogP contribution in [0.2, 0.25) is 0 Å². The molecule has 4 heteroatoms. The van der Waals surface area contributed by atoms with Crippen LogP contribution in [0.5, 0.6) is 5.75 Å². The molecule has 1 aromatic carbocycles. The summed E-state index contributed by atoms with van der Waals surface area (Å²) in [5.74, 6) is 1.67. The van der Waals surface area contributed by atoms with Gasteiger partial charge in [0.1, 0.15) is 5.75 Å². The fourth-order valence-electron chi connectivity index (χ4n) is 2.11. The highest BCUT2D eigenvalue weighted by atomic mass is 79.9. The Bertz CT molecular complexity index is 462. The largest absolute Gasteiger partial charge is 0.483 e. The molecule has 1 aromatic rings. The number of carbonyl (C=O) groups is 1. The monoisotopic (exact) mass is 355 g/mol. The van der Waals surface area contributed by atoms with Crippen LogP contribution in [-0.2, 0) is 4.79 Å². The lowest BCUT2D eigenvalue weighted by atomic mass is 10.1. The van der Waals surface area contributed by atoms with E-state index in [1.54, 1.807) is 0 Å². The quantitative estimate of drug-likeness (QED) is 0.730. The summed E-state index contributed by atoms with van der Waals surface area (Å²) in [4.78, 5) is 14.3. The SMILES string of the molecule is Cc1ccc(OCC(=O)N(CC(C)C)CC(C)C)c(Br)c1. The van der Waals surface area contributed by atoms with Crippen molar-refractivity contribution in [2.75, 3.05) is 19.7 Å². The average molecular weight is 356 g/mol. The molecule has 0 spiro atoms. The van der Waals surface area contributed by atoms with Crippen molar-refractivity contribution >= 4 is 21.8 Å². The number of hydrogen-bond acceptors (Lipinski definition) is 2. The number of amides is 1. The van der Waals surface area contributed by atoms with Crippen LogP contribution < -0.4 is 4.74 Å². The maximum absolute atomic E-state index is 12.4. The Morgan fingerprint density at radius 3 is 2.24 bits per heavy atom. The van der Waals surface area contributed by atoms with Gasteiger partial charge in [0.2, 0.25) is 0 Å². The van der Waals surface area contributed by atoms with Crippen LogP contribution in [0.25, 0.3) is 0 Å². The van der Waals surface area contributed by atoms with E-state index >= 15 is 0 Å². The molecule has 0 saturated carbocycles. The number of benzene rings is 1. The molecule has 0 aliphatic heterocycles. The zero-order valence-corrected chi connectivity index (χ0v) is 15.2. The Morgan fingerprint density at radius 2 is 1.76 bits per heavy atom. The van der Waals surface area contributed by atoms with E-state index in [2.05, 4.69) is 43.6 Å². The first kappa shape index (κ1) is 18.0. The minimum atomic E-state index is 0.0462. The second-order valence-corrected chi connectivity index (χ2v) is 7.16. The highest BCUT2D eigenvalue weighted by Crippen LogP contribution is 2.25. The number of nitrogens with zero attached hydrogens (tertiary/aromatic N) is 1. The van der Waals surface area contributed by atoms with E-state index in [9.17, 15) is 4.79 Å². The van der Waals surface area contributed by atoms with Crippen molar-refractivity contribution < 1.29 is 9.53 Å². The van der Waals surface area contributed by atoms with Gasteiger partial charge in [-0.05, 0) is 52.4 Å². The maximum Gasteiger partial charge on any atom is 0.260 e. The lowest BCUT2D eigenvalue weighted by Crippen LogP contribution is -2.39. The number of ether oxygens (including phenoxy) is 1. The first-order valence-electron chi connectivity index (χ1n) is 7.46. The van der Waals surface area contributed by atoms with Crippen molar-refractivity contribution in [2.45, 2.75) is 34.6 Å². The predicted octanol–water partition coefficient (Wildman–Crippen LogP) is 4.28. The lowest BCUT2D eigenvalue weighted by Gasteiger charge is -2.26. The zero-order chi connectivity index (χ0) is 16.0. The number of hydrogen-bond donors (Lipinski definition) is 0. The maximum atomic E-state index is 12.4. The van der Waals surface area contributed by atoms with E-state index in [-0.39, 0.29) is 12.5 Å². The molecule has 0 radical (unpaired) electrons. The summed E-state index contributed by atoms with van der Waals surface area (Å²) < 4.78 is 6.54. The number of halogens is 1. The molecule has 0 unspecified atom stereocenters. The minimum absolute atomic E-state index is 0.0462. The molecule has 0 heterocycles. The first-order chi connectivity index (χ1) is 9.79. The summed E-state index contributed by atoms with van der Waals surface area (Å²) in [7, 11) is 0. The van der Waals surface area contributed by atoms with Gasteiger partial charge in [0, 0.05) is 13.1 Å². The molecule has 0 aliphatic carbocycles. The Labute approximate surface area is 136 Å². The summed E-state index contributed by atoms with van der Waals surface area (Å²) in [6, 6.07) is 5.85. The third-order valence-corrected chi connectivity index (χ3v) is 3.58. The zero-order valence-electron chi connectivity index (χ0n) is 13.6. The van der Waals surface area contributed by atoms with Gasteiger partial charge in [0.05, 0.1) is 4.47 Å². The van der Waals surface area contributed by atoms with Gasteiger partial charge in [0.25, 0.3) is 5.91 Å². The summed E-state index contributed by atoms with van der Waals surface area (Å²) in [6.45, 7) is 12.1. The summed E-state index contributed by atoms with van der Waals surface area (Å²) >= 11 is 3.46. The van der Waals surface area contributed by atoms with Crippen LogP contribution in [0.4, 0.5) is 0 Å². The summed E-state index contributed by atoms with van der Waals surface area (Å²) in [6.07, 6.45) is 0. The van der Waals surface area contributed by atoms with E-state index in [0.717, 1.165) is 23.1 Å². The van der Waals surface area contributed by atoms with Gasteiger partial charge in [0.15, 0.2) is 6.61 Å². The van der Waals surface area contributed by atoms with Crippen LogP contribution in [0.1, 0.15) is 33.3 Å². The van der Waals surface area contributed by atoms with Gasteiger partial charge < -0.3 is 9.64 Å². The van der Waals surface area contributed by atoms with Crippen molar-refractivity contribution in [3.8, 4) is 5.75 Å². The van der Waals surface area contributed by atoms with Crippen molar-refractivity contribution in [2.24, 2.45) is 11.8 Å². The standard InChI is InChI=1S/C17H26BrNO2/c1-12(2)9-19(10-13(3)4)17(20)11-21-16-7-6-14(5)8-15(16)18/h6-8,12-13H,9-11H2,1-5H3. The Morgan fingerprint density at radius 1 is 1.19 bits per heavy atom. The fraction of sp³-hybridized carbons (Fsp3) is 0.588. The van der Waals surface area contributed by atoms with Crippen molar-refractivity contribution in [3.63, 3.8) is 0 Å². The topological polar surface area (TPSA) is 29.5 Å². The molecule has 1 rings (SSSR count). The normalized spacial score (nSPS) is 11.0. The predicted molar refractivity (Wildman–Crippen MR) is 90.6 cm³/mol. The highest BCUT2D eigenvalue weighted by molar-refractivity contribution is 9.10. The second-order valence-electron chi connectivity index (χ2n) is 6.31. The Hall–Kier alpha value is -1.03. The van der Waals surface area contributed by atoms with Crippen LogP contribution in [0.3, 0.4) is 0 Å². The molecule has 0 aliphatic rings. The van der Waals surface area contributed by atoms with Gasteiger partial charge in [-0.2, -0.15) is 0 Å². The molecule has 118 valence electrons.